The van der Waals surface area contributed by atoms with Crippen molar-refractivity contribution in [2.24, 2.45) is 5.73 Å². The van der Waals surface area contributed by atoms with Crippen LogP contribution in [0.2, 0.25) is 0 Å². The zero-order valence-electron chi connectivity index (χ0n) is 11.5. The normalized spacial score (nSPS) is 12.2. The number of nitrogens with two attached hydrogens (primary N) is 1. The van der Waals surface area contributed by atoms with E-state index >= 15 is 0 Å². The molecule has 0 heterocycles. The van der Waals surface area contributed by atoms with Gasteiger partial charge in [-0.2, -0.15) is 0 Å². The highest BCUT2D eigenvalue weighted by Crippen LogP contribution is 2.16. The minimum Gasteiger partial charge on any atom is -0.466 e. The average molecular weight is 249 g/mol. The molecule has 1 unspecified atom stereocenters. The first-order valence-corrected chi connectivity index (χ1v) is 6.50. The van der Waals surface area contributed by atoms with Crippen LogP contribution in [0.5, 0.6) is 0 Å². The third-order valence-electron chi connectivity index (χ3n) is 3.14. The maximum Gasteiger partial charge on any atom is 0.305 e. The Bertz CT molecular complexity index is 381. The number of carbonyl (C=O) groups is 1. The van der Waals surface area contributed by atoms with Gasteiger partial charge in [-0.1, -0.05) is 18.2 Å². The van der Waals surface area contributed by atoms with E-state index in [0.717, 1.165) is 6.42 Å². The zero-order chi connectivity index (χ0) is 13.5. The predicted molar refractivity (Wildman–Crippen MR) is 73.5 cm³/mol. The Kier molecular flexibility index (Phi) is 5.86. The summed E-state index contributed by atoms with van der Waals surface area (Å²) in [5.74, 6) is -0.158. The standard InChI is InChI=1S/C15H23NO2/c1-4-18-15(17)9-8-13(16)10-14-11(2)6-5-7-12(14)3/h5-7,13H,4,8-10,16H2,1-3H3. The minimum absolute atomic E-state index is 0.00852. The van der Waals surface area contributed by atoms with Crippen LogP contribution in [-0.4, -0.2) is 18.6 Å². The van der Waals surface area contributed by atoms with Crippen molar-refractivity contribution in [2.45, 2.75) is 46.1 Å². The molecule has 0 bridgehead atoms. The van der Waals surface area contributed by atoms with Crippen molar-refractivity contribution in [3.63, 3.8) is 0 Å². The summed E-state index contributed by atoms with van der Waals surface area (Å²) in [6, 6.07) is 6.26. The predicted octanol–water partition coefficient (Wildman–Crippen LogP) is 2.52. The first-order chi connectivity index (χ1) is 8.54. The van der Waals surface area contributed by atoms with Gasteiger partial charge in [-0.25, -0.2) is 0 Å². The van der Waals surface area contributed by atoms with E-state index in [1.54, 1.807) is 0 Å². The first kappa shape index (κ1) is 14.7. The largest absolute Gasteiger partial charge is 0.466 e. The van der Waals surface area contributed by atoms with Crippen LogP contribution in [0.1, 0.15) is 36.5 Å². The summed E-state index contributed by atoms with van der Waals surface area (Å²) < 4.78 is 4.90. The van der Waals surface area contributed by atoms with Crippen molar-refractivity contribution < 1.29 is 9.53 Å². The molecule has 0 aromatic heterocycles. The first-order valence-electron chi connectivity index (χ1n) is 6.50. The number of carbonyl (C=O) groups excluding carboxylic acids is 1. The molecule has 1 aromatic rings. The third-order valence-corrected chi connectivity index (χ3v) is 3.14. The maximum absolute atomic E-state index is 11.3. The Morgan fingerprint density at radius 3 is 2.50 bits per heavy atom. The lowest BCUT2D eigenvalue weighted by Gasteiger charge is -2.15. The highest BCUT2D eigenvalue weighted by Gasteiger charge is 2.11. The van der Waals surface area contributed by atoms with Crippen molar-refractivity contribution in [1.82, 2.24) is 0 Å². The van der Waals surface area contributed by atoms with E-state index in [9.17, 15) is 4.79 Å². The molecule has 0 aliphatic carbocycles. The molecule has 0 saturated heterocycles. The van der Waals surface area contributed by atoms with E-state index in [4.69, 9.17) is 10.5 Å². The Hall–Kier alpha value is -1.35. The molecule has 0 saturated carbocycles. The number of ether oxygens (including phenoxy) is 1. The monoisotopic (exact) mass is 249 g/mol. The Balaban J connectivity index is 2.49. The average Bonchev–Trinajstić information content (AvgIpc) is 2.32. The SMILES string of the molecule is CCOC(=O)CCC(N)Cc1c(C)cccc1C. The molecule has 0 aliphatic rings. The molecule has 0 fully saturated rings. The highest BCUT2D eigenvalue weighted by atomic mass is 16.5. The van der Waals surface area contributed by atoms with Gasteiger partial charge in [0.2, 0.25) is 0 Å². The molecule has 100 valence electrons. The van der Waals surface area contributed by atoms with Gasteiger partial charge in [-0.15, -0.1) is 0 Å². The van der Waals surface area contributed by atoms with Crippen LogP contribution in [0, 0.1) is 13.8 Å². The summed E-state index contributed by atoms with van der Waals surface area (Å²) in [6.07, 6.45) is 1.89. The fraction of sp³-hybridized carbons (Fsp3) is 0.533. The van der Waals surface area contributed by atoms with E-state index in [0.29, 0.717) is 19.4 Å². The summed E-state index contributed by atoms with van der Waals surface area (Å²) in [5, 5.41) is 0. The minimum atomic E-state index is -0.158. The van der Waals surface area contributed by atoms with Crippen molar-refractivity contribution in [2.75, 3.05) is 6.61 Å². The number of esters is 1. The second-order valence-electron chi connectivity index (χ2n) is 4.68. The van der Waals surface area contributed by atoms with Crippen molar-refractivity contribution in [3.8, 4) is 0 Å². The molecule has 1 atom stereocenters. The van der Waals surface area contributed by atoms with Gasteiger partial charge in [-0.3, -0.25) is 4.79 Å². The van der Waals surface area contributed by atoms with Crippen LogP contribution in [0.15, 0.2) is 18.2 Å². The van der Waals surface area contributed by atoms with Crippen molar-refractivity contribution >= 4 is 5.97 Å². The molecule has 3 heteroatoms. The van der Waals surface area contributed by atoms with Gasteiger partial charge in [0.15, 0.2) is 0 Å². The summed E-state index contributed by atoms with van der Waals surface area (Å²) >= 11 is 0. The summed E-state index contributed by atoms with van der Waals surface area (Å²) in [4.78, 5) is 11.3. The second-order valence-corrected chi connectivity index (χ2v) is 4.68. The molecular weight excluding hydrogens is 226 g/mol. The van der Waals surface area contributed by atoms with Gasteiger partial charge in [-0.05, 0) is 50.3 Å². The summed E-state index contributed by atoms with van der Waals surface area (Å²) in [7, 11) is 0. The van der Waals surface area contributed by atoms with Crippen molar-refractivity contribution in [1.29, 1.82) is 0 Å². The summed E-state index contributed by atoms with van der Waals surface area (Å²) in [5.41, 5.74) is 9.91. The highest BCUT2D eigenvalue weighted by molar-refractivity contribution is 5.69. The molecule has 0 amide bonds. The number of hydrogen-bond donors (Lipinski definition) is 1. The molecule has 0 aliphatic heterocycles. The lowest BCUT2D eigenvalue weighted by molar-refractivity contribution is -0.143. The molecule has 2 N–H and O–H groups in total. The van der Waals surface area contributed by atoms with E-state index in [1.165, 1.54) is 16.7 Å². The van der Waals surface area contributed by atoms with Gasteiger partial charge in [0, 0.05) is 12.5 Å². The second kappa shape index (κ2) is 7.17. The topological polar surface area (TPSA) is 52.3 Å². The van der Waals surface area contributed by atoms with Crippen LogP contribution in [0.4, 0.5) is 0 Å². The molecular formula is C15H23NO2. The van der Waals surface area contributed by atoms with Crippen LogP contribution in [0.3, 0.4) is 0 Å². The van der Waals surface area contributed by atoms with Gasteiger partial charge in [0.1, 0.15) is 0 Å². The molecule has 0 spiro atoms. The summed E-state index contributed by atoms with van der Waals surface area (Å²) in [6.45, 7) is 6.44. The number of rotatable bonds is 6. The van der Waals surface area contributed by atoms with E-state index in [2.05, 4.69) is 32.0 Å². The van der Waals surface area contributed by atoms with E-state index in [1.807, 2.05) is 6.92 Å². The Morgan fingerprint density at radius 1 is 1.33 bits per heavy atom. The van der Waals surface area contributed by atoms with Crippen LogP contribution >= 0.6 is 0 Å². The third kappa shape index (κ3) is 4.49. The maximum atomic E-state index is 11.3. The van der Waals surface area contributed by atoms with Crippen LogP contribution < -0.4 is 5.73 Å². The lowest BCUT2D eigenvalue weighted by Crippen LogP contribution is -2.25. The molecule has 1 rings (SSSR count). The molecule has 0 radical (unpaired) electrons. The van der Waals surface area contributed by atoms with Gasteiger partial charge in [0.05, 0.1) is 6.61 Å². The fourth-order valence-corrected chi connectivity index (χ4v) is 2.07. The van der Waals surface area contributed by atoms with E-state index in [-0.39, 0.29) is 12.0 Å². The van der Waals surface area contributed by atoms with Crippen LogP contribution in [0.25, 0.3) is 0 Å². The van der Waals surface area contributed by atoms with Gasteiger partial charge in [0.25, 0.3) is 0 Å². The van der Waals surface area contributed by atoms with Crippen LogP contribution in [-0.2, 0) is 16.0 Å². The molecule has 1 aromatic carbocycles. The molecule has 18 heavy (non-hydrogen) atoms. The Labute approximate surface area is 109 Å². The number of aryl methyl sites for hydroxylation is 2. The smallest absolute Gasteiger partial charge is 0.305 e. The Morgan fingerprint density at radius 2 is 1.94 bits per heavy atom. The number of benzene rings is 1. The van der Waals surface area contributed by atoms with E-state index < -0.39 is 0 Å². The molecule has 3 nitrogen and oxygen atoms in total. The van der Waals surface area contributed by atoms with Gasteiger partial charge < -0.3 is 10.5 Å². The fourth-order valence-electron chi connectivity index (χ4n) is 2.07. The lowest BCUT2D eigenvalue weighted by atomic mass is 9.95. The van der Waals surface area contributed by atoms with Gasteiger partial charge >= 0.3 is 5.97 Å². The van der Waals surface area contributed by atoms with Crippen molar-refractivity contribution in [3.05, 3.63) is 34.9 Å². The zero-order valence-corrected chi connectivity index (χ0v) is 11.5. The number of hydrogen-bond acceptors (Lipinski definition) is 3. The quantitative estimate of drug-likeness (QED) is 0.788.